The summed E-state index contributed by atoms with van der Waals surface area (Å²) in [7, 11) is 0. The lowest BCUT2D eigenvalue weighted by Crippen LogP contribution is -2.45. The number of piperazine rings is 1. The number of rotatable bonds is 3. The summed E-state index contributed by atoms with van der Waals surface area (Å²) in [5.41, 5.74) is 8.12. The predicted octanol–water partition coefficient (Wildman–Crippen LogP) is 1.66. The monoisotopic (exact) mass is 331 g/mol. The van der Waals surface area contributed by atoms with Crippen molar-refractivity contribution in [3.63, 3.8) is 0 Å². The van der Waals surface area contributed by atoms with Crippen LogP contribution >= 0.6 is 22.6 Å². The largest absolute Gasteiger partial charge is 0.369 e. The first-order valence-electron chi connectivity index (χ1n) is 5.66. The molecule has 1 aliphatic heterocycles. The number of benzene rings is 1. The Kier molecular flexibility index (Phi) is 4.43. The second-order valence-corrected chi connectivity index (χ2v) is 4.78. The Balaban J connectivity index is 1.97. The summed E-state index contributed by atoms with van der Waals surface area (Å²) in [6, 6.07) is 8.61. The molecule has 0 unspecified atom stereocenters. The lowest BCUT2D eigenvalue weighted by Gasteiger charge is -2.35. The summed E-state index contributed by atoms with van der Waals surface area (Å²) in [5, 5.41) is 0. The highest BCUT2D eigenvalue weighted by Crippen LogP contribution is 2.17. The van der Waals surface area contributed by atoms with E-state index in [2.05, 4.69) is 56.7 Å². The van der Waals surface area contributed by atoms with Crippen LogP contribution in [0.1, 0.15) is 5.56 Å². The van der Waals surface area contributed by atoms with Gasteiger partial charge in [0.2, 0.25) is 0 Å². The van der Waals surface area contributed by atoms with Crippen LogP contribution in [0.4, 0.5) is 5.69 Å². The molecule has 1 fully saturated rings. The quantitative estimate of drug-likeness (QED) is 0.519. The van der Waals surface area contributed by atoms with Crippen LogP contribution in [0.15, 0.2) is 24.3 Å². The van der Waals surface area contributed by atoms with Crippen LogP contribution in [0, 0.1) is 0 Å². The molecular formula is C12H18IN3. The van der Waals surface area contributed by atoms with E-state index in [0.29, 0.717) is 6.54 Å². The van der Waals surface area contributed by atoms with Gasteiger partial charge in [-0.15, -0.1) is 0 Å². The van der Waals surface area contributed by atoms with Crippen molar-refractivity contribution in [3.05, 3.63) is 29.8 Å². The normalized spacial score (nSPS) is 17.8. The van der Waals surface area contributed by atoms with Gasteiger partial charge in [-0.3, -0.25) is 4.90 Å². The fourth-order valence-corrected chi connectivity index (χ4v) is 2.65. The highest BCUT2D eigenvalue weighted by atomic mass is 127. The zero-order chi connectivity index (χ0) is 11.4. The number of halogens is 1. The van der Waals surface area contributed by atoms with E-state index in [9.17, 15) is 0 Å². The van der Waals surface area contributed by atoms with Crippen LogP contribution < -0.4 is 10.6 Å². The van der Waals surface area contributed by atoms with E-state index < -0.39 is 0 Å². The number of anilines is 1. The molecule has 0 radical (unpaired) electrons. The average Bonchev–Trinajstić information content (AvgIpc) is 2.39. The van der Waals surface area contributed by atoms with Crippen LogP contribution in [0.2, 0.25) is 0 Å². The Morgan fingerprint density at radius 2 is 1.69 bits per heavy atom. The molecule has 16 heavy (non-hydrogen) atoms. The first kappa shape index (κ1) is 12.1. The summed E-state index contributed by atoms with van der Waals surface area (Å²) in [6.45, 7) is 5.22. The van der Waals surface area contributed by atoms with Crippen molar-refractivity contribution in [2.24, 2.45) is 5.73 Å². The average molecular weight is 331 g/mol. The Morgan fingerprint density at radius 3 is 2.19 bits per heavy atom. The van der Waals surface area contributed by atoms with E-state index in [4.69, 9.17) is 5.73 Å². The van der Waals surface area contributed by atoms with Crippen molar-refractivity contribution in [2.45, 2.75) is 6.54 Å². The molecule has 0 spiro atoms. The van der Waals surface area contributed by atoms with Gasteiger partial charge >= 0.3 is 0 Å². The fourth-order valence-electron chi connectivity index (χ4n) is 1.97. The summed E-state index contributed by atoms with van der Waals surface area (Å²) in [6.07, 6.45) is 0. The number of alkyl halides is 1. The van der Waals surface area contributed by atoms with E-state index in [1.165, 1.54) is 24.3 Å². The van der Waals surface area contributed by atoms with Crippen molar-refractivity contribution in [1.29, 1.82) is 0 Å². The minimum atomic E-state index is 0.628. The molecule has 3 nitrogen and oxygen atoms in total. The van der Waals surface area contributed by atoms with Crippen LogP contribution in [0.5, 0.6) is 0 Å². The van der Waals surface area contributed by atoms with Gasteiger partial charge in [0.25, 0.3) is 0 Å². The number of nitrogens with two attached hydrogens (primary N) is 1. The van der Waals surface area contributed by atoms with E-state index in [1.54, 1.807) is 0 Å². The molecule has 0 aromatic heterocycles. The molecule has 0 aliphatic carbocycles. The van der Waals surface area contributed by atoms with Crippen molar-refractivity contribution < 1.29 is 0 Å². The third kappa shape index (κ3) is 2.87. The third-order valence-corrected chi connectivity index (χ3v) is 4.04. The van der Waals surface area contributed by atoms with Gasteiger partial charge in [0.1, 0.15) is 0 Å². The maximum absolute atomic E-state index is 5.59. The van der Waals surface area contributed by atoms with Crippen molar-refractivity contribution >= 4 is 28.3 Å². The topological polar surface area (TPSA) is 32.5 Å². The second kappa shape index (κ2) is 5.84. The SMILES string of the molecule is NCc1ccc(N2CCN(CI)CC2)cc1. The molecule has 4 heteroatoms. The van der Waals surface area contributed by atoms with Gasteiger partial charge in [-0.2, -0.15) is 0 Å². The van der Waals surface area contributed by atoms with Crippen LogP contribution in [0.25, 0.3) is 0 Å². The lowest BCUT2D eigenvalue weighted by atomic mass is 10.2. The molecule has 2 N–H and O–H groups in total. The van der Waals surface area contributed by atoms with E-state index in [0.717, 1.165) is 17.6 Å². The third-order valence-electron chi connectivity index (χ3n) is 3.08. The maximum atomic E-state index is 5.59. The van der Waals surface area contributed by atoms with Crippen LogP contribution in [-0.4, -0.2) is 35.6 Å². The molecule has 2 rings (SSSR count). The van der Waals surface area contributed by atoms with Gasteiger partial charge in [0, 0.05) is 38.4 Å². The lowest BCUT2D eigenvalue weighted by molar-refractivity contribution is 0.307. The zero-order valence-electron chi connectivity index (χ0n) is 9.40. The predicted molar refractivity (Wildman–Crippen MR) is 77.0 cm³/mol. The summed E-state index contributed by atoms with van der Waals surface area (Å²) in [5.74, 6) is 0. The molecule has 0 amide bonds. The Hall–Kier alpha value is -0.330. The highest BCUT2D eigenvalue weighted by molar-refractivity contribution is 14.1. The minimum Gasteiger partial charge on any atom is -0.369 e. The van der Waals surface area contributed by atoms with E-state index in [-0.39, 0.29) is 0 Å². The van der Waals surface area contributed by atoms with Gasteiger partial charge < -0.3 is 10.6 Å². The maximum Gasteiger partial charge on any atom is 0.0507 e. The van der Waals surface area contributed by atoms with Crippen LogP contribution in [-0.2, 0) is 6.54 Å². The zero-order valence-corrected chi connectivity index (χ0v) is 11.6. The van der Waals surface area contributed by atoms with E-state index in [1.807, 2.05) is 0 Å². The Labute approximate surface area is 111 Å². The summed E-state index contributed by atoms with van der Waals surface area (Å²) < 4.78 is 1.14. The Morgan fingerprint density at radius 1 is 1.06 bits per heavy atom. The number of hydrogen-bond donors (Lipinski definition) is 1. The molecule has 88 valence electrons. The smallest absolute Gasteiger partial charge is 0.0507 e. The van der Waals surface area contributed by atoms with Gasteiger partial charge in [-0.05, 0) is 17.7 Å². The molecule has 1 heterocycles. The molecule has 1 saturated heterocycles. The molecule has 0 saturated carbocycles. The molecule has 0 bridgehead atoms. The molecule has 1 aromatic carbocycles. The fraction of sp³-hybridized carbons (Fsp3) is 0.500. The van der Waals surface area contributed by atoms with Crippen LogP contribution in [0.3, 0.4) is 0 Å². The molecule has 0 atom stereocenters. The van der Waals surface area contributed by atoms with Gasteiger partial charge in [-0.25, -0.2) is 0 Å². The Bertz CT molecular complexity index is 318. The number of nitrogens with zero attached hydrogens (tertiary/aromatic N) is 2. The highest BCUT2D eigenvalue weighted by Gasteiger charge is 2.15. The van der Waals surface area contributed by atoms with Crippen molar-refractivity contribution in [2.75, 3.05) is 35.6 Å². The van der Waals surface area contributed by atoms with Gasteiger partial charge in [0.15, 0.2) is 0 Å². The molecule has 1 aliphatic rings. The standard InChI is InChI=1S/C12H18IN3/c13-10-15-5-7-16(8-6-15)12-3-1-11(9-14)2-4-12/h1-4H,5-10,14H2. The first-order valence-corrected chi connectivity index (χ1v) is 7.18. The van der Waals surface area contributed by atoms with Crippen molar-refractivity contribution in [3.8, 4) is 0 Å². The van der Waals surface area contributed by atoms with E-state index >= 15 is 0 Å². The van der Waals surface area contributed by atoms with Gasteiger partial charge in [0.05, 0.1) is 4.55 Å². The molecular weight excluding hydrogens is 313 g/mol. The number of hydrogen-bond acceptors (Lipinski definition) is 3. The minimum absolute atomic E-state index is 0.628. The first-order chi connectivity index (χ1) is 7.83. The second-order valence-electron chi connectivity index (χ2n) is 4.10. The molecule has 1 aromatic rings. The van der Waals surface area contributed by atoms with Gasteiger partial charge in [-0.1, -0.05) is 34.7 Å². The summed E-state index contributed by atoms with van der Waals surface area (Å²) in [4.78, 5) is 4.93. The van der Waals surface area contributed by atoms with Crippen molar-refractivity contribution in [1.82, 2.24) is 4.90 Å². The summed E-state index contributed by atoms with van der Waals surface area (Å²) >= 11 is 2.43.